The summed E-state index contributed by atoms with van der Waals surface area (Å²) < 4.78 is 33.4. The molecule has 1 aromatic carbocycles. The Hall–Kier alpha value is -2.61. The Labute approximate surface area is 121 Å². The maximum atomic E-state index is 12.2. The van der Waals surface area contributed by atoms with Gasteiger partial charge in [-0.2, -0.15) is 13.5 Å². The van der Waals surface area contributed by atoms with Gasteiger partial charge in [-0.3, -0.25) is 4.72 Å². The van der Waals surface area contributed by atoms with E-state index in [1.807, 2.05) is 12.1 Å². The number of nitrogens with zero attached hydrogens (tertiary/aromatic N) is 3. The third kappa shape index (κ3) is 2.95. The number of hydrogen-bond acceptors (Lipinski definition) is 5. The number of aromatic nitrogens is 3. The molecular formula is C13H12N4O3S. The quantitative estimate of drug-likeness (QED) is 0.775. The molecule has 0 atom stereocenters. The standard InChI is InChI=1S/C13H12N4O3S/c18-21(19,13-6-3-7-20-13)16-12-5-2-1-4-11(12)8-17-10-14-9-15-17/h1-7,9-10,16H,8H2. The summed E-state index contributed by atoms with van der Waals surface area (Å²) in [5.41, 5.74) is 1.25. The highest BCUT2D eigenvalue weighted by Crippen LogP contribution is 2.20. The first-order valence-electron chi connectivity index (χ1n) is 6.12. The molecule has 0 spiro atoms. The monoisotopic (exact) mass is 304 g/mol. The van der Waals surface area contributed by atoms with Gasteiger partial charge >= 0.3 is 0 Å². The lowest BCUT2D eigenvalue weighted by Gasteiger charge is -2.11. The van der Waals surface area contributed by atoms with Gasteiger partial charge in [0.2, 0.25) is 5.09 Å². The van der Waals surface area contributed by atoms with E-state index in [1.165, 1.54) is 24.7 Å². The van der Waals surface area contributed by atoms with E-state index in [9.17, 15) is 8.42 Å². The highest BCUT2D eigenvalue weighted by molar-refractivity contribution is 7.92. The molecule has 0 amide bonds. The molecule has 0 saturated carbocycles. The number of para-hydroxylation sites is 1. The minimum atomic E-state index is -3.73. The molecule has 1 N–H and O–H groups in total. The molecule has 0 unspecified atom stereocenters. The van der Waals surface area contributed by atoms with Crippen LogP contribution >= 0.6 is 0 Å². The Morgan fingerprint density at radius 1 is 1.19 bits per heavy atom. The highest BCUT2D eigenvalue weighted by atomic mass is 32.2. The van der Waals surface area contributed by atoms with Gasteiger partial charge in [-0.1, -0.05) is 18.2 Å². The molecule has 108 valence electrons. The van der Waals surface area contributed by atoms with Crippen LogP contribution in [-0.4, -0.2) is 23.2 Å². The molecule has 0 bridgehead atoms. The Bertz CT molecular complexity index is 811. The van der Waals surface area contributed by atoms with Crippen molar-refractivity contribution in [2.24, 2.45) is 0 Å². The Kier molecular flexibility index (Phi) is 3.44. The lowest BCUT2D eigenvalue weighted by molar-refractivity contribution is 0.452. The van der Waals surface area contributed by atoms with Crippen molar-refractivity contribution in [1.29, 1.82) is 0 Å². The summed E-state index contributed by atoms with van der Waals surface area (Å²) in [6, 6.07) is 10.0. The van der Waals surface area contributed by atoms with Crippen LogP contribution in [0.15, 0.2) is 64.8 Å². The zero-order valence-electron chi connectivity index (χ0n) is 10.9. The Morgan fingerprint density at radius 3 is 2.76 bits per heavy atom. The molecule has 8 heteroatoms. The van der Waals surface area contributed by atoms with Crippen LogP contribution in [0.5, 0.6) is 0 Å². The summed E-state index contributed by atoms with van der Waals surface area (Å²) in [6.45, 7) is 0.414. The largest absolute Gasteiger partial charge is 0.451 e. The average molecular weight is 304 g/mol. The first kappa shape index (κ1) is 13.4. The van der Waals surface area contributed by atoms with Crippen LogP contribution in [0, 0.1) is 0 Å². The zero-order chi connectivity index (χ0) is 14.7. The highest BCUT2D eigenvalue weighted by Gasteiger charge is 2.18. The molecule has 0 fully saturated rings. The molecule has 0 aliphatic heterocycles. The number of benzene rings is 1. The van der Waals surface area contributed by atoms with Crippen LogP contribution in [0.25, 0.3) is 0 Å². The summed E-state index contributed by atoms with van der Waals surface area (Å²) in [7, 11) is -3.73. The average Bonchev–Trinajstić information content (AvgIpc) is 3.13. The summed E-state index contributed by atoms with van der Waals surface area (Å²) in [5.74, 6) is 0. The van der Waals surface area contributed by atoms with E-state index < -0.39 is 10.0 Å². The van der Waals surface area contributed by atoms with E-state index >= 15 is 0 Å². The van der Waals surface area contributed by atoms with Gasteiger partial charge in [0.25, 0.3) is 10.0 Å². The second kappa shape index (κ2) is 5.41. The van der Waals surface area contributed by atoms with Crippen molar-refractivity contribution in [1.82, 2.24) is 14.8 Å². The molecule has 3 aromatic rings. The SMILES string of the molecule is O=S(=O)(Nc1ccccc1Cn1cncn1)c1ccco1. The van der Waals surface area contributed by atoms with Crippen molar-refractivity contribution < 1.29 is 12.8 Å². The van der Waals surface area contributed by atoms with E-state index in [-0.39, 0.29) is 5.09 Å². The van der Waals surface area contributed by atoms with Gasteiger partial charge < -0.3 is 4.42 Å². The molecule has 0 aliphatic carbocycles. The first-order chi connectivity index (χ1) is 10.1. The van der Waals surface area contributed by atoms with Gasteiger partial charge in [-0.05, 0) is 23.8 Å². The van der Waals surface area contributed by atoms with Crippen LogP contribution in [0.1, 0.15) is 5.56 Å². The molecule has 7 nitrogen and oxygen atoms in total. The van der Waals surface area contributed by atoms with Crippen molar-refractivity contribution in [2.75, 3.05) is 4.72 Å². The zero-order valence-corrected chi connectivity index (χ0v) is 11.7. The number of anilines is 1. The maximum absolute atomic E-state index is 12.2. The van der Waals surface area contributed by atoms with Gasteiger partial charge in [0.15, 0.2) is 0 Å². The molecule has 3 rings (SSSR count). The fraction of sp³-hybridized carbons (Fsp3) is 0.0769. The van der Waals surface area contributed by atoms with Gasteiger partial charge in [0.1, 0.15) is 12.7 Å². The summed E-state index contributed by atoms with van der Waals surface area (Å²) >= 11 is 0. The van der Waals surface area contributed by atoms with Crippen LogP contribution in [0.3, 0.4) is 0 Å². The van der Waals surface area contributed by atoms with Crippen LogP contribution in [0.2, 0.25) is 0 Å². The van der Waals surface area contributed by atoms with Crippen LogP contribution in [-0.2, 0) is 16.6 Å². The third-order valence-electron chi connectivity index (χ3n) is 2.82. The first-order valence-corrected chi connectivity index (χ1v) is 7.60. The number of hydrogen-bond donors (Lipinski definition) is 1. The molecule has 0 radical (unpaired) electrons. The second-order valence-electron chi connectivity index (χ2n) is 4.29. The van der Waals surface area contributed by atoms with Crippen molar-refractivity contribution in [3.63, 3.8) is 0 Å². The van der Waals surface area contributed by atoms with E-state index in [0.717, 1.165) is 5.56 Å². The van der Waals surface area contributed by atoms with Gasteiger partial charge in [-0.25, -0.2) is 9.67 Å². The maximum Gasteiger partial charge on any atom is 0.295 e. The lowest BCUT2D eigenvalue weighted by atomic mass is 10.2. The topological polar surface area (TPSA) is 90.0 Å². The smallest absolute Gasteiger partial charge is 0.295 e. The van der Waals surface area contributed by atoms with Gasteiger partial charge in [-0.15, -0.1) is 0 Å². The number of sulfonamides is 1. The third-order valence-corrected chi connectivity index (χ3v) is 4.07. The van der Waals surface area contributed by atoms with Crippen molar-refractivity contribution in [2.45, 2.75) is 11.6 Å². The molecule has 0 aliphatic rings. The van der Waals surface area contributed by atoms with E-state index in [0.29, 0.717) is 12.2 Å². The molecule has 21 heavy (non-hydrogen) atoms. The van der Waals surface area contributed by atoms with E-state index in [2.05, 4.69) is 14.8 Å². The number of nitrogens with one attached hydrogen (secondary N) is 1. The minimum Gasteiger partial charge on any atom is -0.451 e. The Balaban J connectivity index is 1.89. The van der Waals surface area contributed by atoms with Crippen molar-refractivity contribution >= 4 is 15.7 Å². The molecule has 2 heterocycles. The minimum absolute atomic E-state index is 0.127. The Morgan fingerprint density at radius 2 is 2.05 bits per heavy atom. The van der Waals surface area contributed by atoms with Crippen LogP contribution in [0.4, 0.5) is 5.69 Å². The number of furan rings is 1. The normalized spacial score (nSPS) is 11.4. The fourth-order valence-corrected chi connectivity index (χ4v) is 2.89. The van der Waals surface area contributed by atoms with E-state index in [1.54, 1.807) is 23.1 Å². The summed E-state index contributed by atoms with van der Waals surface area (Å²) in [4.78, 5) is 3.86. The number of rotatable bonds is 5. The molecular weight excluding hydrogens is 292 g/mol. The predicted molar refractivity (Wildman–Crippen MR) is 75.1 cm³/mol. The summed E-state index contributed by atoms with van der Waals surface area (Å²) in [5, 5.41) is 3.88. The van der Waals surface area contributed by atoms with Crippen LogP contribution < -0.4 is 4.72 Å². The lowest BCUT2D eigenvalue weighted by Crippen LogP contribution is -2.14. The van der Waals surface area contributed by atoms with Gasteiger partial charge in [0, 0.05) is 0 Å². The van der Waals surface area contributed by atoms with Crippen molar-refractivity contribution in [3.05, 3.63) is 60.9 Å². The summed E-state index contributed by atoms with van der Waals surface area (Å²) in [6.07, 6.45) is 4.31. The van der Waals surface area contributed by atoms with Crippen molar-refractivity contribution in [3.8, 4) is 0 Å². The molecule has 0 saturated heterocycles. The molecule has 2 aromatic heterocycles. The predicted octanol–water partition coefficient (Wildman–Crippen LogP) is 1.72. The fourth-order valence-electron chi connectivity index (χ4n) is 1.86. The van der Waals surface area contributed by atoms with E-state index in [4.69, 9.17) is 4.42 Å². The van der Waals surface area contributed by atoms with Gasteiger partial charge in [0.05, 0.1) is 18.5 Å². The second-order valence-corrected chi connectivity index (χ2v) is 5.90.